The van der Waals surface area contributed by atoms with Crippen molar-refractivity contribution in [1.29, 1.82) is 0 Å². The Kier molecular flexibility index (Phi) is 4.94. The molecule has 1 saturated heterocycles. The van der Waals surface area contributed by atoms with Gasteiger partial charge in [-0.25, -0.2) is 8.42 Å². The van der Waals surface area contributed by atoms with Gasteiger partial charge < -0.3 is 15.8 Å². The van der Waals surface area contributed by atoms with E-state index in [0.29, 0.717) is 23.7 Å². The fourth-order valence-corrected chi connectivity index (χ4v) is 5.15. The van der Waals surface area contributed by atoms with Crippen molar-refractivity contribution >= 4 is 33.1 Å². The number of hydrogen-bond acceptors (Lipinski definition) is 7. The van der Waals surface area contributed by atoms with Crippen LogP contribution < -0.4 is 10.6 Å². The van der Waals surface area contributed by atoms with Crippen LogP contribution in [0.4, 0.5) is 5.69 Å². The SMILES string of the molecule is CCS(=O)(=O)C1CSCCN1c1ccnc(C(N)=NO)c1. The molecule has 0 aromatic carbocycles. The number of hydrogen-bond donors (Lipinski definition) is 2. The quantitative estimate of drug-likeness (QED) is 0.358. The highest BCUT2D eigenvalue weighted by atomic mass is 32.2. The summed E-state index contributed by atoms with van der Waals surface area (Å²) in [5.74, 6) is 1.40. The Hall–Kier alpha value is -1.48. The van der Waals surface area contributed by atoms with Gasteiger partial charge in [0.1, 0.15) is 11.1 Å². The van der Waals surface area contributed by atoms with Gasteiger partial charge >= 0.3 is 0 Å². The number of aromatic nitrogens is 1. The van der Waals surface area contributed by atoms with Crippen LogP contribution in [0.3, 0.4) is 0 Å². The van der Waals surface area contributed by atoms with Gasteiger partial charge in [0.25, 0.3) is 0 Å². The molecular weight excluding hydrogens is 312 g/mol. The van der Waals surface area contributed by atoms with Crippen molar-refractivity contribution in [3.8, 4) is 0 Å². The molecule has 0 bridgehead atoms. The molecular formula is C12H18N4O3S2. The zero-order chi connectivity index (χ0) is 15.5. The van der Waals surface area contributed by atoms with Crippen LogP contribution in [0.5, 0.6) is 0 Å². The number of nitrogens with two attached hydrogens (primary N) is 1. The lowest BCUT2D eigenvalue weighted by Gasteiger charge is -2.36. The molecule has 0 amide bonds. The zero-order valence-corrected chi connectivity index (χ0v) is 13.3. The van der Waals surface area contributed by atoms with Crippen LogP contribution in [0, 0.1) is 0 Å². The first-order valence-corrected chi connectivity index (χ1v) is 9.36. The van der Waals surface area contributed by atoms with E-state index >= 15 is 0 Å². The number of anilines is 1. The molecule has 1 unspecified atom stereocenters. The normalized spacial score (nSPS) is 20.5. The van der Waals surface area contributed by atoms with Gasteiger partial charge in [-0.3, -0.25) is 4.98 Å². The van der Waals surface area contributed by atoms with Gasteiger partial charge in [-0.2, -0.15) is 11.8 Å². The van der Waals surface area contributed by atoms with Gasteiger partial charge in [0.05, 0.1) is 0 Å². The van der Waals surface area contributed by atoms with Crippen molar-refractivity contribution < 1.29 is 13.6 Å². The van der Waals surface area contributed by atoms with Crippen LogP contribution in [0.25, 0.3) is 0 Å². The standard InChI is InChI=1S/C12H18N4O3S2/c1-2-21(18,19)11-8-20-6-5-16(11)9-3-4-14-10(7-9)12(13)15-17/h3-4,7,11,17H,2,5-6,8H2,1H3,(H2,13,15). The second kappa shape index (κ2) is 6.52. The molecule has 21 heavy (non-hydrogen) atoms. The zero-order valence-electron chi connectivity index (χ0n) is 11.6. The number of thioether (sulfide) groups is 1. The lowest BCUT2D eigenvalue weighted by atomic mass is 10.2. The minimum absolute atomic E-state index is 0.0990. The van der Waals surface area contributed by atoms with Crippen LogP contribution in [0.1, 0.15) is 12.6 Å². The van der Waals surface area contributed by atoms with Crippen LogP contribution in [-0.2, 0) is 9.84 Å². The third-order valence-electron chi connectivity index (χ3n) is 3.35. The molecule has 0 aliphatic carbocycles. The van der Waals surface area contributed by atoms with Crippen LogP contribution in [0.2, 0.25) is 0 Å². The molecule has 116 valence electrons. The van der Waals surface area contributed by atoms with E-state index in [2.05, 4.69) is 10.1 Å². The number of rotatable bonds is 4. The predicted molar refractivity (Wildman–Crippen MR) is 84.7 cm³/mol. The number of nitrogens with zero attached hydrogens (tertiary/aromatic N) is 3. The van der Waals surface area contributed by atoms with Crippen molar-refractivity contribution in [2.75, 3.05) is 28.7 Å². The Bertz CT molecular complexity index is 633. The molecule has 1 aromatic heterocycles. The van der Waals surface area contributed by atoms with Crippen LogP contribution in [0.15, 0.2) is 23.5 Å². The Balaban J connectivity index is 2.38. The second-order valence-electron chi connectivity index (χ2n) is 4.56. The molecule has 0 spiro atoms. The van der Waals surface area contributed by atoms with Gasteiger partial charge in [-0.1, -0.05) is 12.1 Å². The Morgan fingerprint density at radius 2 is 2.43 bits per heavy atom. The second-order valence-corrected chi connectivity index (χ2v) is 8.16. The maximum Gasteiger partial charge on any atom is 0.188 e. The van der Waals surface area contributed by atoms with Crippen LogP contribution >= 0.6 is 11.8 Å². The smallest absolute Gasteiger partial charge is 0.188 e. The minimum atomic E-state index is -3.18. The van der Waals surface area contributed by atoms with Crippen molar-refractivity contribution in [1.82, 2.24) is 4.98 Å². The summed E-state index contributed by atoms with van der Waals surface area (Å²) in [5, 5.41) is 11.1. The average molecular weight is 330 g/mol. The highest BCUT2D eigenvalue weighted by Gasteiger charge is 2.33. The molecule has 1 atom stereocenters. The maximum atomic E-state index is 12.3. The van der Waals surface area contributed by atoms with E-state index in [1.807, 2.05) is 4.90 Å². The highest BCUT2D eigenvalue weighted by molar-refractivity contribution is 8.01. The monoisotopic (exact) mass is 330 g/mol. The lowest BCUT2D eigenvalue weighted by molar-refractivity contribution is 0.318. The van der Waals surface area contributed by atoms with Gasteiger partial charge in [-0.05, 0) is 12.1 Å². The third-order valence-corrected chi connectivity index (χ3v) is 6.64. The molecule has 1 aromatic rings. The van der Waals surface area contributed by atoms with Crippen molar-refractivity contribution in [2.24, 2.45) is 10.9 Å². The van der Waals surface area contributed by atoms with E-state index in [-0.39, 0.29) is 11.6 Å². The summed E-state index contributed by atoms with van der Waals surface area (Å²) < 4.78 is 24.5. The third kappa shape index (κ3) is 3.41. The van der Waals surface area contributed by atoms with Gasteiger partial charge in [-0.15, -0.1) is 0 Å². The minimum Gasteiger partial charge on any atom is -0.409 e. The largest absolute Gasteiger partial charge is 0.409 e. The summed E-state index contributed by atoms with van der Waals surface area (Å²) >= 11 is 1.63. The lowest BCUT2D eigenvalue weighted by Crippen LogP contribution is -2.48. The Morgan fingerprint density at radius 1 is 1.67 bits per heavy atom. The summed E-state index contributed by atoms with van der Waals surface area (Å²) in [6, 6.07) is 3.38. The summed E-state index contributed by atoms with van der Waals surface area (Å²) in [6.45, 7) is 2.29. The predicted octanol–water partition coefficient (Wildman–Crippen LogP) is 0.490. The first kappa shape index (κ1) is 15.9. The number of sulfone groups is 1. The Morgan fingerprint density at radius 3 is 3.10 bits per heavy atom. The van der Waals surface area contributed by atoms with Gasteiger partial charge in [0.15, 0.2) is 15.7 Å². The maximum absolute atomic E-state index is 12.3. The molecule has 2 rings (SSSR count). The summed E-state index contributed by atoms with van der Waals surface area (Å²) in [4.78, 5) is 5.87. The van der Waals surface area contributed by atoms with Crippen molar-refractivity contribution in [3.63, 3.8) is 0 Å². The highest BCUT2D eigenvalue weighted by Crippen LogP contribution is 2.27. The van der Waals surface area contributed by atoms with Crippen molar-refractivity contribution in [3.05, 3.63) is 24.0 Å². The molecule has 0 radical (unpaired) electrons. The fourth-order valence-electron chi connectivity index (χ4n) is 2.16. The van der Waals surface area contributed by atoms with E-state index in [1.165, 1.54) is 6.20 Å². The van der Waals surface area contributed by atoms with E-state index < -0.39 is 15.2 Å². The molecule has 2 heterocycles. The average Bonchev–Trinajstić information content (AvgIpc) is 2.54. The number of amidine groups is 1. The summed E-state index contributed by atoms with van der Waals surface area (Å²) in [7, 11) is -3.18. The van der Waals surface area contributed by atoms with E-state index in [0.717, 1.165) is 5.75 Å². The molecule has 1 fully saturated rings. The first-order valence-electron chi connectivity index (χ1n) is 6.49. The molecule has 7 nitrogen and oxygen atoms in total. The van der Waals surface area contributed by atoms with E-state index in [4.69, 9.17) is 10.9 Å². The molecule has 0 saturated carbocycles. The molecule has 1 aliphatic heterocycles. The summed E-state index contributed by atoms with van der Waals surface area (Å²) in [5.41, 5.74) is 6.57. The Labute approximate surface area is 128 Å². The van der Waals surface area contributed by atoms with Crippen LogP contribution in [-0.4, -0.2) is 53.6 Å². The van der Waals surface area contributed by atoms with E-state index in [9.17, 15) is 8.42 Å². The van der Waals surface area contributed by atoms with Gasteiger partial charge in [0.2, 0.25) is 0 Å². The first-order chi connectivity index (χ1) is 9.99. The molecule has 3 N–H and O–H groups in total. The molecule has 9 heteroatoms. The van der Waals surface area contributed by atoms with Crippen molar-refractivity contribution in [2.45, 2.75) is 12.3 Å². The van der Waals surface area contributed by atoms with Gasteiger partial charge in [0, 0.05) is 35.7 Å². The number of oxime groups is 1. The molecule has 1 aliphatic rings. The summed E-state index contributed by atoms with van der Waals surface area (Å²) in [6.07, 6.45) is 1.53. The number of pyridine rings is 1. The fraction of sp³-hybridized carbons (Fsp3) is 0.500. The topological polar surface area (TPSA) is 109 Å². The van der Waals surface area contributed by atoms with E-state index in [1.54, 1.807) is 30.8 Å².